The Labute approximate surface area is 177 Å². The van der Waals surface area contributed by atoms with Crippen LogP contribution in [-0.2, 0) is 4.74 Å². The van der Waals surface area contributed by atoms with Crippen LogP contribution in [0, 0.1) is 5.41 Å². The molecule has 0 saturated carbocycles. The van der Waals surface area contributed by atoms with Crippen LogP contribution in [0.1, 0.15) is 26.3 Å². The predicted octanol–water partition coefficient (Wildman–Crippen LogP) is 3.98. The van der Waals surface area contributed by atoms with Gasteiger partial charge in [0.25, 0.3) is 0 Å². The van der Waals surface area contributed by atoms with Gasteiger partial charge in [0, 0.05) is 36.1 Å². The summed E-state index contributed by atoms with van der Waals surface area (Å²) in [5, 5.41) is 15.9. The van der Waals surface area contributed by atoms with E-state index >= 15 is 0 Å². The van der Waals surface area contributed by atoms with Crippen LogP contribution in [0.4, 0.5) is 11.5 Å². The van der Waals surface area contributed by atoms with E-state index in [1.807, 2.05) is 22.9 Å². The summed E-state index contributed by atoms with van der Waals surface area (Å²) >= 11 is 0. The van der Waals surface area contributed by atoms with E-state index in [-0.39, 0.29) is 6.04 Å². The van der Waals surface area contributed by atoms with Crippen molar-refractivity contribution in [2.45, 2.75) is 26.8 Å². The zero-order valence-corrected chi connectivity index (χ0v) is 17.7. The van der Waals surface area contributed by atoms with E-state index in [2.05, 4.69) is 53.4 Å². The maximum Gasteiger partial charge on any atom is 0.136 e. The Balaban J connectivity index is 1.65. The Morgan fingerprint density at radius 3 is 2.40 bits per heavy atom. The SMILES string of the molecule is CC(=N)c1ccc(-c2ccnn2-c2ccc(N3CCOCC3)cc2)nc1NC(C)C. The predicted molar refractivity (Wildman–Crippen MR) is 121 cm³/mol. The Morgan fingerprint density at radius 1 is 1.03 bits per heavy atom. The molecular formula is C23H28N6O. The highest BCUT2D eigenvalue weighted by Crippen LogP contribution is 2.26. The zero-order chi connectivity index (χ0) is 21.1. The van der Waals surface area contributed by atoms with Crippen LogP contribution >= 0.6 is 0 Å². The number of rotatable bonds is 6. The molecule has 4 rings (SSSR count). The molecule has 0 unspecified atom stereocenters. The molecule has 0 aliphatic carbocycles. The topological polar surface area (TPSA) is 79.1 Å². The summed E-state index contributed by atoms with van der Waals surface area (Å²) in [6, 6.07) is 14.5. The second kappa shape index (κ2) is 8.67. The second-order valence-corrected chi connectivity index (χ2v) is 7.76. The number of anilines is 2. The third-order valence-electron chi connectivity index (χ3n) is 5.10. The summed E-state index contributed by atoms with van der Waals surface area (Å²) in [6.45, 7) is 9.29. The van der Waals surface area contributed by atoms with Crippen LogP contribution in [0.3, 0.4) is 0 Å². The Bertz CT molecular complexity index is 1020. The van der Waals surface area contributed by atoms with Crippen LogP contribution in [-0.4, -0.2) is 52.8 Å². The number of hydrogen-bond acceptors (Lipinski definition) is 6. The van der Waals surface area contributed by atoms with Crippen LogP contribution < -0.4 is 10.2 Å². The number of morpholine rings is 1. The van der Waals surface area contributed by atoms with Crippen LogP contribution in [0.5, 0.6) is 0 Å². The molecule has 1 aliphatic rings. The monoisotopic (exact) mass is 404 g/mol. The van der Waals surface area contributed by atoms with Crippen molar-refractivity contribution in [2.75, 3.05) is 36.5 Å². The number of aromatic nitrogens is 3. The van der Waals surface area contributed by atoms with Gasteiger partial charge in [-0.1, -0.05) is 0 Å². The highest BCUT2D eigenvalue weighted by molar-refractivity contribution is 6.00. The van der Waals surface area contributed by atoms with Crippen molar-refractivity contribution < 1.29 is 4.74 Å². The summed E-state index contributed by atoms with van der Waals surface area (Å²) < 4.78 is 7.35. The van der Waals surface area contributed by atoms with Crippen molar-refractivity contribution in [3.63, 3.8) is 0 Å². The highest BCUT2D eigenvalue weighted by atomic mass is 16.5. The molecule has 2 N–H and O–H groups in total. The number of hydrogen-bond donors (Lipinski definition) is 2. The molecule has 30 heavy (non-hydrogen) atoms. The third kappa shape index (κ3) is 4.21. The Kier molecular flexibility index (Phi) is 5.81. The van der Waals surface area contributed by atoms with E-state index in [0.717, 1.165) is 54.8 Å². The lowest BCUT2D eigenvalue weighted by atomic mass is 10.1. The number of benzene rings is 1. The lowest BCUT2D eigenvalue weighted by molar-refractivity contribution is 0.122. The lowest BCUT2D eigenvalue weighted by Gasteiger charge is -2.28. The molecule has 1 aromatic carbocycles. The van der Waals surface area contributed by atoms with Gasteiger partial charge in [-0.3, -0.25) is 0 Å². The fourth-order valence-electron chi connectivity index (χ4n) is 3.62. The molecule has 7 nitrogen and oxygen atoms in total. The van der Waals surface area contributed by atoms with Crippen molar-refractivity contribution in [1.82, 2.24) is 14.8 Å². The highest BCUT2D eigenvalue weighted by Gasteiger charge is 2.15. The van der Waals surface area contributed by atoms with E-state index in [4.69, 9.17) is 15.1 Å². The van der Waals surface area contributed by atoms with Gasteiger partial charge in [-0.15, -0.1) is 0 Å². The summed E-state index contributed by atoms with van der Waals surface area (Å²) in [7, 11) is 0. The average molecular weight is 405 g/mol. The first-order valence-corrected chi connectivity index (χ1v) is 10.3. The van der Waals surface area contributed by atoms with Crippen molar-refractivity contribution in [3.8, 4) is 17.1 Å². The fourth-order valence-corrected chi connectivity index (χ4v) is 3.62. The molecule has 0 spiro atoms. The fraction of sp³-hybridized carbons (Fsp3) is 0.348. The van der Waals surface area contributed by atoms with Gasteiger partial charge in [0.2, 0.25) is 0 Å². The van der Waals surface area contributed by atoms with Crippen molar-refractivity contribution in [2.24, 2.45) is 0 Å². The minimum atomic E-state index is 0.225. The molecule has 156 valence electrons. The lowest BCUT2D eigenvalue weighted by Crippen LogP contribution is -2.36. The molecule has 3 aromatic rings. The van der Waals surface area contributed by atoms with E-state index in [9.17, 15) is 0 Å². The maximum absolute atomic E-state index is 8.04. The Morgan fingerprint density at radius 2 is 1.73 bits per heavy atom. The van der Waals surface area contributed by atoms with E-state index in [0.29, 0.717) is 5.71 Å². The largest absolute Gasteiger partial charge is 0.378 e. The molecular weight excluding hydrogens is 376 g/mol. The summed E-state index contributed by atoms with van der Waals surface area (Å²) in [6.07, 6.45) is 1.79. The molecule has 1 aliphatic heterocycles. The minimum Gasteiger partial charge on any atom is -0.378 e. The van der Waals surface area contributed by atoms with Gasteiger partial charge in [0.05, 0.1) is 36.5 Å². The standard InChI is InChI=1S/C23H28N6O/c1-16(2)26-23-20(17(3)24)8-9-21(27-23)22-10-11-25-29(22)19-6-4-18(5-7-19)28-12-14-30-15-13-28/h4-11,16,24H,12-15H2,1-3H3,(H,26,27). The number of ether oxygens (including phenoxy) is 1. The summed E-state index contributed by atoms with van der Waals surface area (Å²) in [4.78, 5) is 7.15. The van der Waals surface area contributed by atoms with Crippen LogP contribution in [0.15, 0.2) is 48.7 Å². The van der Waals surface area contributed by atoms with Gasteiger partial charge in [0.1, 0.15) is 5.82 Å². The van der Waals surface area contributed by atoms with Crippen molar-refractivity contribution in [3.05, 3.63) is 54.2 Å². The maximum atomic E-state index is 8.04. The van der Waals surface area contributed by atoms with Gasteiger partial charge in [0.15, 0.2) is 0 Å². The first-order chi connectivity index (χ1) is 14.5. The summed E-state index contributed by atoms with van der Waals surface area (Å²) in [5.74, 6) is 0.727. The normalized spacial score (nSPS) is 14.2. The molecule has 0 amide bonds. The Hall–Kier alpha value is -3.19. The molecule has 1 saturated heterocycles. The van der Waals surface area contributed by atoms with Crippen molar-refractivity contribution >= 4 is 17.2 Å². The number of pyridine rings is 1. The molecule has 1 fully saturated rings. The second-order valence-electron chi connectivity index (χ2n) is 7.76. The molecule has 3 heterocycles. The van der Waals surface area contributed by atoms with Gasteiger partial charge >= 0.3 is 0 Å². The molecule has 0 atom stereocenters. The minimum absolute atomic E-state index is 0.225. The molecule has 7 heteroatoms. The van der Waals surface area contributed by atoms with Crippen LogP contribution in [0.2, 0.25) is 0 Å². The van der Waals surface area contributed by atoms with Crippen LogP contribution in [0.25, 0.3) is 17.1 Å². The molecule has 0 radical (unpaired) electrons. The molecule has 2 aromatic heterocycles. The van der Waals surface area contributed by atoms with Gasteiger partial charge in [-0.2, -0.15) is 5.10 Å². The van der Waals surface area contributed by atoms with E-state index in [1.165, 1.54) is 5.69 Å². The third-order valence-corrected chi connectivity index (χ3v) is 5.10. The number of nitrogens with zero attached hydrogens (tertiary/aromatic N) is 4. The van der Waals surface area contributed by atoms with E-state index in [1.54, 1.807) is 13.1 Å². The first kappa shape index (κ1) is 20.1. The average Bonchev–Trinajstić information content (AvgIpc) is 3.24. The zero-order valence-electron chi connectivity index (χ0n) is 17.7. The smallest absolute Gasteiger partial charge is 0.136 e. The van der Waals surface area contributed by atoms with Gasteiger partial charge in [-0.05, 0) is 63.2 Å². The van der Waals surface area contributed by atoms with Gasteiger partial charge < -0.3 is 20.4 Å². The quantitative estimate of drug-likeness (QED) is 0.608. The molecule has 0 bridgehead atoms. The van der Waals surface area contributed by atoms with Crippen molar-refractivity contribution in [1.29, 1.82) is 5.41 Å². The van der Waals surface area contributed by atoms with Gasteiger partial charge in [-0.25, -0.2) is 9.67 Å². The first-order valence-electron chi connectivity index (χ1n) is 10.3. The number of nitrogens with one attached hydrogen (secondary N) is 2. The summed E-state index contributed by atoms with van der Waals surface area (Å²) in [5.41, 5.74) is 5.22. The van der Waals surface area contributed by atoms with E-state index < -0.39 is 0 Å².